The highest BCUT2D eigenvalue weighted by atomic mass is 16.4. The number of hydrogen-bond acceptors (Lipinski definition) is 3. The molecule has 0 rings (SSSR count). The van der Waals surface area contributed by atoms with Crippen LogP contribution in [0.3, 0.4) is 0 Å². The molecule has 0 radical (unpaired) electrons. The van der Waals surface area contributed by atoms with Crippen molar-refractivity contribution in [1.82, 2.24) is 0 Å². The Balaban J connectivity index is 4.88. The maximum Gasteiger partial charge on any atom is 0.354 e. The molecule has 0 aromatic rings. The van der Waals surface area contributed by atoms with Crippen LogP contribution in [-0.4, -0.2) is 29.6 Å². The molecule has 0 aromatic carbocycles. The van der Waals surface area contributed by atoms with E-state index in [2.05, 4.69) is 4.99 Å². The summed E-state index contributed by atoms with van der Waals surface area (Å²) in [5.41, 5.74) is 0.430. The molecule has 0 amide bonds. The first-order valence-electron chi connectivity index (χ1n) is 4.44. The van der Waals surface area contributed by atoms with Gasteiger partial charge >= 0.3 is 5.97 Å². The van der Waals surface area contributed by atoms with Gasteiger partial charge in [-0.15, -0.1) is 0 Å². The lowest BCUT2D eigenvalue weighted by Gasteiger charge is -2.00. The van der Waals surface area contributed by atoms with Crippen molar-refractivity contribution in [2.24, 2.45) is 4.99 Å². The molecule has 0 heterocycles. The monoisotopic (exact) mass is 197 g/mol. The number of aliphatic imine (C=N–C) groups is 1. The van der Waals surface area contributed by atoms with E-state index in [1.807, 2.05) is 6.92 Å². The Bertz CT molecular complexity index is 290. The SMILES string of the molecule is CCCC(=CC(=NC)C(=O)O)C(C)=O. The molecule has 0 aliphatic rings. The Morgan fingerprint density at radius 1 is 1.43 bits per heavy atom. The predicted molar refractivity (Wildman–Crippen MR) is 54.7 cm³/mol. The summed E-state index contributed by atoms with van der Waals surface area (Å²) in [6, 6.07) is 0. The Labute approximate surface area is 83.3 Å². The van der Waals surface area contributed by atoms with E-state index in [4.69, 9.17) is 5.11 Å². The summed E-state index contributed by atoms with van der Waals surface area (Å²) in [5, 5.41) is 8.69. The highest BCUT2D eigenvalue weighted by Gasteiger charge is 2.09. The van der Waals surface area contributed by atoms with E-state index < -0.39 is 5.97 Å². The average Bonchev–Trinajstić information content (AvgIpc) is 2.11. The van der Waals surface area contributed by atoms with Gasteiger partial charge in [0.2, 0.25) is 0 Å². The number of nitrogens with zero attached hydrogens (tertiary/aromatic N) is 1. The summed E-state index contributed by atoms with van der Waals surface area (Å²) in [7, 11) is 1.39. The summed E-state index contributed by atoms with van der Waals surface area (Å²) in [4.78, 5) is 25.3. The van der Waals surface area contributed by atoms with Crippen LogP contribution in [-0.2, 0) is 9.59 Å². The van der Waals surface area contributed by atoms with Crippen LogP contribution in [0.4, 0.5) is 0 Å². The molecule has 0 saturated heterocycles. The van der Waals surface area contributed by atoms with E-state index in [0.29, 0.717) is 12.0 Å². The van der Waals surface area contributed by atoms with Crippen LogP contribution in [0.5, 0.6) is 0 Å². The van der Waals surface area contributed by atoms with Gasteiger partial charge in [-0.25, -0.2) is 4.79 Å². The number of rotatable bonds is 5. The molecule has 4 nitrogen and oxygen atoms in total. The third-order valence-electron chi connectivity index (χ3n) is 1.74. The number of carbonyl (C=O) groups is 2. The summed E-state index contributed by atoms with van der Waals surface area (Å²) in [6.45, 7) is 3.36. The Kier molecular flexibility index (Phi) is 5.44. The fourth-order valence-corrected chi connectivity index (χ4v) is 1.01. The van der Waals surface area contributed by atoms with E-state index in [0.717, 1.165) is 6.42 Å². The second kappa shape index (κ2) is 6.07. The van der Waals surface area contributed by atoms with E-state index in [1.54, 1.807) is 0 Å². The molecular weight excluding hydrogens is 182 g/mol. The maximum atomic E-state index is 11.1. The smallest absolute Gasteiger partial charge is 0.354 e. The molecule has 0 unspecified atom stereocenters. The molecule has 0 spiro atoms. The number of Topliss-reactive ketones (excluding diaryl/α,β-unsaturated/α-hetero) is 1. The van der Waals surface area contributed by atoms with Crippen LogP contribution in [0.25, 0.3) is 0 Å². The molecule has 0 saturated carbocycles. The maximum absolute atomic E-state index is 11.1. The van der Waals surface area contributed by atoms with E-state index in [-0.39, 0.29) is 11.5 Å². The summed E-state index contributed by atoms with van der Waals surface area (Å²) >= 11 is 0. The van der Waals surface area contributed by atoms with Crippen molar-refractivity contribution in [2.45, 2.75) is 26.7 Å². The first kappa shape index (κ1) is 12.6. The standard InChI is InChI=1S/C10H15NO3/c1-4-5-8(7(2)12)6-9(11-3)10(13)14/h6H,4-5H2,1-3H3,(H,13,14). The summed E-state index contributed by atoms with van der Waals surface area (Å²) < 4.78 is 0. The Hall–Kier alpha value is -1.45. The highest BCUT2D eigenvalue weighted by molar-refractivity contribution is 6.41. The molecule has 0 bridgehead atoms. The summed E-state index contributed by atoms with van der Waals surface area (Å²) in [6.07, 6.45) is 2.73. The zero-order valence-corrected chi connectivity index (χ0v) is 8.70. The number of hydrogen-bond donors (Lipinski definition) is 1. The van der Waals surface area contributed by atoms with Crippen molar-refractivity contribution in [1.29, 1.82) is 0 Å². The second-order valence-corrected chi connectivity index (χ2v) is 2.89. The van der Waals surface area contributed by atoms with Gasteiger partial charge in [-0.3, -0.25) is 9.79 Å². The predicted octanol–water partition coefficient (Wildman–Crippen LogP) is 1.46. The normalized spacial score (nSPS) is 12.8. The molecule has 4 heteroatoms. The Morgan fingerprint density at radius 3 is 2.29 bits per heavy atom. The minimum atomic E-state index is -1.11. The molecular formula is C10H15NO3. The van der Waals surface area contributed by atoms with Gasteiger partial charge in [0.15, 0.2) is 5.78 Å². The topological polar surface area (TPSA) is 66.7 Å². The van der Waals surface area contributed by atoms with Crippen molar-refractivity contribution in [3.05, 3.63) is 11.6 Å². The number of allylic oxidation sites excluding steroid dienone is 1. The first-order chi connectivity index (χ1) is 6.52. The van der Waals surface area contributed by atoms with Crippen LogP contribution in [0.2, 0.25) is 0 Å². The van der Waals surface area contributed by atoms with Gasteiger partial charge in [-0.1, -0.05) is 13.3 Å². The fraction of sp³-hybridized carbons (Fsp3) is 0.500. The van der Waals surface area contributed by atoms with Crippen LogP contribution in [0.15, 0.2) is 16.6 Å². The molecule has 14 heavy (non-hydrogen) atoms. The van der Waals surface area contributed by atoms with E-state index in [1.165, 1.54) is 20.0 Å². The largest absolute Gasteiger partial charge is 0.477 e. The second-order valence-electron chi connectivity index (χ2n) is 2.89. The van der Waals surface area contributed by atoms with Gasteiger partial charge in [0, 0.05) is 7.05 Å². The molecule has 0 aromatic heterocycles. The van der Waals surface area contributed by atoms with Gasteiger partial charge < -0.3 is 5.11 Å². The third kappa shape index (κ3) is 3.98. The number of carboxylic acids is 1. The fourth-order valence-electron chi connectivity index (χ4n) is 1.01. The van der Waals surface area contributed by atoms with Crippen LogP contribution >= 0.6 is 0 Å². The number of carbonyl (C=O) groups excluding carboxylic acids is 1. The van der Waals surface area contributed by atoms with Crippen molar-refractivity contribution in [3.8, 4) is 0 Å². The van der Waals surface area contributed by atoms with E-state index in [9.17, 15) is 9.59 Å². The van der Waals surface area contributed by atoms with Crippen LogP contribution in [0, 0.1) is 0 Å². The quantitative estimate of drug-likeness (QED) is 0.536. The van der Waals surface area contributed by atoms with E-state index >= 15 is 0 Å². The lowest BCUT2D eigenvalue weighted by molar-refractivity contribution is -0.129. The summed E-state index contributed by atoms with van der Waals surface area (Å²) in [5.74, 6) is -1.21. The minimum Gasteiger partial charge on any atom is -0.477 e. The van der Waals surface area contributed by atoms with Gasteiger partial charge in [0.1, 0.15) is 5.71 Å². The van der Waals surface area contributed by atoms with Gasteiger partial charge in [0.05, 0.1) is 0 Å². The zero-order chi connectivity index (χ0) is 11.1. The van der Waals surface area contributed by atoms with Gasteiger partial charge in [-0.2, -0.15) is 0 Å². The Morgan fingerprint density at radius 2 is 2.00 bits per heavy atom. The van der Waals surface area contributed by atoms with Gasteiger partial charge in [-0.05, 0) is 25.0 Å². The highest BCUT2D eigenvalue weighted by Crippen LogP contribution is 2.06. The first-order valence-corrected chi connectivity index (χ1v) is 4.44. The number of ketones is 1. The number of aliphatic carboxylic acids is 1. The zero-order valence-electron chi connectivity index (χ0n) is 8.70. The lowest BCUT2D eigenvalue weighted by Crippen LogP contribution is -2.12. The molecule has 78 valence electrons. The lowest BCUT2D eigenvalue weighted by atomic mass is 10.1. The van der Waals surface area contributed by atoms with Gasteiger partial charge in [0.25, 0.3) is 0 Å². The molecule has 1 N–H and O–H groups in total. The third-order valence-corrected chi connectivity index (χ3v) is 1.74. The molecule has 0 atom stereocenters. The van der Waals surface area contributed by atoms with Crippen molar-refractivity contribution in [2.75, 3.05) is 7.05 Å². The van der Waals surface area contributed by atoms with Crippen LogP contribution in [0.1, 0.15) is 26.7 Å². The van der Waals surface area contributed by atoms with Crippen molar-refractivity contribution in [3.63, 3.8) is 0 Å². The molecule has 0 aliphatic carbocycles. The minimum absolute atomic E-state index is 0.0800. The average molecular weight is 197 g/mol. The molecule has 0 fully saturated rings. The number of carboxylic acid groups (broad SMARTS) is 1. The van der Waals surface area contributed by atoms with Crippen molar-refractivity contribution < 1.29 is 14.7 Å². The molecule has 0 aliphatic heterocycles. The van der Waals surface area contributed by atoms with Crippen LogP contribution < -0.4 is 0 Å². The van der Waals surface area contributed by atoms with Crippen molar-refractivity contribution >= 4 is 17.5 Å².